The molecule has 3 rings (SSSR count). The second kappa shape index (κ2) is 9.39. The molecule has 0 aromatic heterocycles. The van der Waals surface area contributed by atoms with E-state index in [-0.39, 0.29) is 5.82 Å². The summed E-state index contributed by atoms with van der Waals surface area (Å²) in [4.78, 5) is 0. The zero-order valence-electron chi connectivity index (χ0n) is 15.5. The Morgan fingerprint density at radius 1 is 0.923 bits per heavy atom. The molecule has 2 aromatic carbocycles. The summed E-state index contributed by atoms with van der Waals surface area (Å²) in [5.74, 6) is 7.90. The first-order valence-electron chi connectivity index (χ1n) is 9.79. The lowest BCUT2D eigenvalue weighted by Gasteiger charge is -2.23. The van der Waals surface area contributed by atoms with Gasteiger partial charge in [0.15, 0.2) is 0 Å². The van der Waals surface area contributed by atoms with Crippen molar-refractivity contribution < 1.29 is 4.39 Å². The maximum absolute atomic E-state index is 13.0. The minimum absolute atomic E-state index is 0.202. The monoisotopic (exact) mass is 346 g/mol. The SMILES string of the molecule is CCC/C=C/[C@H]1CC[C@H](C#Cc2ccc(-c3ccc(F)cc3)cc2)CC1. The van der Waals surface area contributed by atoms with Gasteiger partial charge < -0.3 is 0 Å². The van der Waals surface area contributed by atoms with Gasteiger partial charge in [-0.2, -0.15) is 0 Å². The Labute approximate surface area is 157 Å². The van der Waals surface area contributed by atoms with Crippen LogP contribution in [0.2, 0.25) is 0 Å². The van der Waals surface area contributed by atoms with Gasteiger partial charge in [-0.1, -0.05) is 61.6 Å². The van der Waals surface area contributed by atoms with Crippen molar-refractivity contribution in [3.63, 3.8) is 0 Å². The molecule has 0 amide bonds. The largest absolute Gasteiger partial charge is 0.207 e. The van der Waals surface area contributed by atoms with Crippen molar-refractivity contribution >= 4 is 0 Å². The van der Waals surface area contributed by atoms with Crippen LogP contribution in [0.15, 0.2) is 60.7 Å². The topological polar surface area (TPSA) is 0 Å². The highest BCUT2D eigenvalue weighted by Gasteiger charge is 2.17. The van der Waals surface area contributed by atoms with Crippen LogP contribution >= 0.6 is 0 Å². The van der Waals surface area contributed by atoms with Gasteiger partial charge in [-0.3, -0.25) is 0 Å². The number of hydrogen-bond donors (Lipinski definition) is 0. The summed E-state index contributed by atoms with van der Waals surface area (Å²) in [5, 5.41) is 0. The normalized spacial score (nSPS) is 19.9. The maximum atomic E-state index is 13.0. The zero-order chi connectivity index (χ0) is 18.2. The highest BCUT2D eigenvalue weighted by Crippen LogP contribution is 2.29. The lowest BCUT2D eigenvalue weighted by molar-refractivity contribution is 0.364. The summed E-state index contributed by atoms with van der Waals surface area (Å²) in [6.07, 6.45) is 12.2. The molecule has 0 atom stereocenters. The molecular weight excluding hydrogens is 319 g/mol. The molecule has 0 heterocycles. The summed E-state index contributed by atoms with van der Waals surface area (Å²) in [7, 11) is 0. The highest BCUT2D eigenvalue weighted by atomic mass is 19.1. The number of allylic oxidation sites excluding steroid dienone is 2. The van der Waals surface area contributed by atoms with E-state index < -0.39 is 0 Å². The fourth-order valence-electron chi connectivity index (χ4n) is 3.49. The van der Waals surface area contributed by atoms with E-state index in [0.717, 1.165) is 22.6 Å². The van der Waals surface area contributed by atoms with Gasteiger partial charge in [-0.15, -0.1) is 0 Å². The smallest absolute Gasteiger partial charge is 0.123 e. The van der Waals surface area contributed by atoms with Crippen molar-refractivity contribution in [3.8, 4) is 23.0 Å². The number of halogens is 1. The van der Waals surface area contributed by atoms with Crippen LogP contribution in [0.1, 0.15) is 51.0 Å². The molecule has 2 aromatic rings. The predicted molar refractivity (Wildman–Crippen MR) is 108 cm³/mol. The summed E-state index contributed by atoms with van der Waals surface area (Å²) < 4.78 is 13.0. The second-order valence-corrected chi connectivity index (χ2v) is 7.18. The summed E-state index contributed by atoms with van der Waals surface area (Å²) >= 11 is 0. The molecule has 0 bridgehead atoms. The van der Waals surface area contributed by atoms with Gasteiger partial charge in [0.25, 0.3) is 0 Å². The van der Waals surface area contributed by atoms with E-state index in [1.165, 1.54) is 50.7 Å². The molecule has 0 spiro atoms. The standard InChI is InChI=1S/C25H27F/c1-2-3-4-5-20-6-8-21(9-7-20)10-11-22-12-14-23(15-13-22)24-16-18-25(26)19-17-24/h4-5,12-21H,2-3,6-9H2,1H3/b5-4+/t20-,21-. The van der Waals surface area contributed by atoms with Gasteiger partial charge in [0.2, 0.25) is 0 Å². The molecular formula is C25H27F. The highest BCUT2D eigenvalue weighted by molar-refractivity contribution is 5.64. The lowest BCUT2D eigenvalue weighted by Crippen LogP contribution is -2.11. The molecule has 0 saturated heterocycles. The Morgan fingerprint density at radius 2 is 1.54 bits per heavy atom. The molecule has 1 saturated carbocycles. The third-order valence-corrected chi connectivity index (χ3v) is 5.12. The van der Waals surface area contributed by atoms with E-state index in [4.69, 9.17) is 0 Å². The van der Waals surface area contributed by atoms with E-state index >= 15 is 0 Å². The van der Waals surface area contributed by atoms with E-state index in [2.05, 4.69) is 55.2 Å². The molecule has 0 aliphatic heterocycles. The van der Waals surface area contributed by atoms with Crippen LogP contribution in [0.25, 0.3) is 11.1 Å². The van der Waals surface area contributed by atoms with Crippen LogP contribution in [-0.2, 0) is 0 Å². The molecule has 26 heavy (non-hydrogen) atoms. The van der Waals surface area contributed by atoms with Crippen molar-refractivity contribution in [2.24, 2.45) is 11.8 Å². The molecule has 1 aliphatic carbocycles. The van der Waals surface area contributed by atoms with Crippen LogP contribution in [0.3, 0.4) is 0 Å². The average Bonchev–Trinajstić information content (AvgIpc) is 2.69. The molecule has 1 aliphatic rings. The third-order valence-electron chi connectivity index (χ3n) is 5.12. The molecule has 0 nitrogen and oxygen atoms in total. The third kappa shape index (κ3) is 5.33. The Hall–Kier alpha value is -2.33. The van der Waals surface area contributed by atoms with Crippen LogP contribution in [0.4, 0.5) is 4.39 Å². The number of benzene rings is 2. The summed E-state index contributed by atoms with van der Waals surface area (Å²) in [6.45, 7) is 2.23. The molecule has 0 unspecified atom stereocenters. The first-order chi connectivity index (χ1) is 12.7. The molecule has 0 radical (unpaired) electrons. The van der Waals surface area contributed by atoms with Crippen molar-refractivity contribution in [2.45, 2.75) is 45.4 Å². The van der Waals surface area contributed by atoms with Crippen LogP contribution in [0.5, 0.6) is 0 Å². The second-order valence-electron chi connectivity index (χ2n) is 7.18. The molecule has 0 N–H and O–H groups in total. The van der Waals surface area contributed by atoms with Crippen molar-refractivity contribution in [1.29, 1.82) is 0 Å². The van der Waals surface area contributed by atoms with Crippen LogP contribution in [-0.4, -0.2) is 0 Å². The van der Waals surface area contributed by atoms with Crippen molar-refractivity contribution in [1.82, 2.24) is 0 Å². The number of hydrogen-bond acceptors (Lipinski definition) is 0. The molecule has 1 fully saturated rings. The van der Waals surface area contributed by atoms with Gasteiger partial charge >= 0.3 is 0 Å². The van der Waals surface area contributed by atoms with E-state index in [1.54, 1.807) is 0 Å². The summed E-state index contributed by atoms with van der Waals surface area (Å²) in [5.41, 5.74) is 3.18. The minimum Gasteiger partial charge on any atom is -0.207 e. The lowest BCUT2D eigenvalue weighted by atomic mass is 9.82. The maximum Gasteiger partial charge on any atom is 0.123 e. The van der Waals surface area contributed by atoms with Crippen molar-refractivity contribution in [2.75, 3.05) is 0 Å². The van der Waals surface area contributed by atoms with Gasteiger partial charge in [0, 0.05) is 11.5 Å². The van der Waals surface area contributed by atoms with Gasteiger partial charge in [0.05, 0.1) is 0 Å². The van der Waals surface area contributed by atoms with E-state index in [1.807, 2.05) is 12.1 Å². The number of rotatable bonds is 4. The van der Waals surface area contributed by atoms with Crippen LogP contribution in [0, 0.1) is 29.5 Å². The van der Waals surface area contributed by atoms with E-state index in [0.29, 0.717) is 5.92 Å². The Bertz CT molecular complexity index is 764. The predicted octanol–water partition coefficient (Wildman–Crippen LogP) is 7.01. The molecule has 1 heteroatoms. The first kappa shape index (κ1) is 18.5. The van der Waals surface area contributed by atoms with Crippen LogP contribution < -0.4 is 0 Å². The molecule has 134 valence electrons. The van der Waals surface area contributed by atoms with Gasteiger partial charge in [-0.25, -0.2) is 4.39 Å². The Balaban J connectivity index is 1.55. The average molecular weight is 346 g/mol. The first-order valence-corrected chi connectivity index (χ1v) is 9.79. The minimum atomic E-state index is -0.202. The quantitative estimate of drug-likeness (QED) is 0.413. The van der Waals surface area contributed by atoms with Crippen molar-refractivity contribution in [3.05, 3.63) is 72.1 Å². The zero-order valence-corrected chi connectivity index (χ0v) is 15.5. The Kier molecular flexibility index (Phi) is 6.67. The number of unbranched alkanes of at least 4 members (excludes halogenated alkanes) is 1. The van der Waals surface area contributed by atoms with E-state index in [9.17, 15) is 4.39 Å². The van der Waals surface area contributed by atoms with Gasteiger partial charge in [-0.05, 0) is 73.4 Å². The Morgan fingerprint density at radius 3 is 2.15 bits per heavy atom. The fraction of sp³-hybridized carbons (Fsp3) is 0.360. The van der Waals surface area contributed by atoms with Gasteiger partial charge in [0.1, 0.15) is 5.82 Å². The fourth-order valence-corrected chi connectivity index (χ4v) is 3.49. The summed E-state index contributed by atoms with van der Waals surface area (Å²) in [6, 6.07) is 14.9.